The lowest BCUT2D eigenvalue weighted by Crippen LogP contribution is -2.56. The van der Waals surface area contributed by atoms with Crippen molar-refractivity contribution in [2.75, 3.05) is 6.54 Å². The second kappa shape index (κ2) is 12.0. The number of carbonyl (C=O) groups excluding carboxylic acids is 3. The lowest BCUT2D eigenvalue weighted by atomic mass is 9.85. The van der Waals surface area contributed by atoms with Crippen LogP contribution in [0.1, 0.15) is 65.2 Å². The van der Waals surface area contributed by atoms with Crippen molar-refractivity contribution in [2.24, 2.45) is 11.8 Å². The number of nitrogens with one attached hydrogen (secondary N) is 1. The van der Waals surface area contributed by atoms with E-state index in [9.17, 15) is 34.0 Å². The summed E-state index contributed by atoms with van der Waals surface area (Å²) >= 11 is 1.24. The van der Waals surface area contributed by atoms with Crippen LogP contribution in [0.25, 0.3) is 10.1 Å². The van der Waals surface area contributed by atoms with E-state index in [0.717, 1.165) is 23.1 Å². The molecular weight excluding hydrogens is 635 g/mol. The Morgan fingerprint density at radius 3 is 2.57 bits per heavy atom. The van der Waals surface area contributed by atoms with Gasteiger partial charge >= 0.3 is 7.60 Å². The van der Waals surface area contributed by atoms with Crippen molar-refractivity contribution in [3.8, 4) is 6.07 Å². The molecule has 1 aromatic heterocycles. The van der Waals surface area contributed by atoms with Gasteiger partial charge in [0.25, 0.3) is 5.91 Å². The molecular formula is C35H37N4O6PS. The van der Waals surface area contributed by atoms with E-state index in [2.05, 4.69) is 18.0 Å². The molecule has 7 rings (SSSR count). The Morgan fingerprint density at radius 2 is 1.89 bits per heavy atom. The van der Waals surface area contributed by atoms with Gasteiger partial charge in [0.1, 0.15) is 12.1 Å². The Bertz CT molecular complexity index is 1840. The first kappa shape index (κ1) is 31.8. The molecule has 6 atom stereocenters. The van der Waals surface area contributed by atoms with E-state index in [4.69, 9.17) is 0 Å². The van der Waals surface area contributed by atoms with Crippen LogP contribution in [0, 0.1) is 23.2 Å². The van der Waals surface area contributed by atoms with Crippen molar-refractivity contribution in [3.05, 3.63) is 83.3 Å². The van der Waals surface area contributed by atoms with Gasteiger partial charge in [-0.15, -0.1) is 17.9 Å². The van der Waals surface area contributed by atoms with Gasteiger partial charge in [-0.2, -0.15) is 5.26 Å². The Labute approximate surface area is 277 Å². The highest BCUT2D eigenvalue weighted by molar-refractivity contribution is 7.50. The molecule has 3 aliphatic heterocycles. The SMILES string of the molecule is C=C[C@@H]1CC(NC(=O)c2cc3cc(CP(=O)(O)O)ccc3s2)C(=O)N2[C@H](CC[C@H]2C(=O)N2C[C@H](c3ccccc3)[C@@H](C#N)C23CC3)C1. The lowest BCUT2D eigenvalue weighted by Gasteiger charge is -2.35. The van der Waals surface area contributed by atoms with Gasteiger partial charge < -0.3 is 24.9 Å². The summed E-state index contributed by atoms with van der Waals surface area (Å²) in [4.78, 5) is 65.1. The Kier molecular flexibility index (Phi) is 8.12. The van der Waals surface area contributed by atoms with Crippen LogP contribution in [0.3, 0.4) is 0 Å². The zero-order chi connectivity index (χ0) is 33.1. The van der Waals surface area contributed by atoms with E-state index in [0.29, 0.717) is 48.1 Å². The fourth-order valence-electron chi connectivity index (χ4n) is 8.24. The molecule has 0 bridgehead atoms. The second-order valence-electron chi connectivity index (χ2n) is 13.5. The van der Waals surface area contributed by atoms with Crippen molar-refractivity contribution >= 4 is 46.7 Å². The van der Waals surface area contributed by atoms with Crippen LogP contribution >= 0.6 is 18.9 Å². The number of hydrogen-bond donors (Lipinski definition) is 3. The quantitative estimate of drug-likeness (QED) is 0.238. The van der Waals surface area contributed by atoms with Crippen molar-refractivity contribution in [3.63, 3.8) is 0 Å². The number of nitrogens with zero attached hydrogens (tertiary/aromatic N) is 3. The largest absolute Gasteiger partial charge is 0.340 e. The summed E-state index contributed by atoms with van der Waals surface area (Å²) in [6.45, 7) is 4.44. The first-order chi connectivity index (χ1) is 22.5. The number of amides is 3. The zero-order valence-electron chi connectivity index (χ0n) is 25.8. The minimum Gasteiger partial charge on any atom is -0.340 e. The summed E-state index contributed by atoms with van der Waals surface area (Å²) in [5.74, 6) is -1.21. The number of thiophene rings is 1. The van der Waals surface area contributed by atoms with Crippen molar-refractivity contribution < 1.29 is 28.7 Å². The van der Waals surface area contributed by atoms with Crippen molar-refractivity contribution in [1.82, 2.24) is 15.1 Å². The fourth-order valence-corrected chi connectivity index (χ4v) is 9.85. The van der Waals surface area contributed by atoms with Crippen LogP contribution in [0.2, 0.25) is 0 Å². The van der Waals surface area contributed by atoms with E-state index in [1.807, 2.05) is 41.3 Å². The first-order valence-electron chi connectivity index (χ1n) is 16.1. The smallest absolute Gasteiger partial charge is 0.329 e. The standard InChI is InChI=1S/C35H37N4O6PS/c1-2-21-15-25-9-10-29(34(42)38-19-26(23-6-4-3-5-7-23)27(18-36)35(38)12-13-35)39(25)33(41)28(16-21)37-32(40)31-17-24-14-22(20-46(43,44)45)8-11-30(24)47-31/h2-8,11,14,17,21,25-29H,1,9-10,12-13,15-16,19-20H2,(H,37,40)(H2,43,44,45)/t21-,25+,26+,27+,28?,29-/m0/s1. The van der Waals surface area contributed by atoms with E-state index in [1.165, 1.54) is 11.3 Å². The summed E-state index contributed by atoms with van der Waals surface area (Å²) in [5.41, 5.74) is 1.02. The molecule has 10 nitrogen and oxygen atoms in total. The predicted molar refractivity (Wildman–Crippen MR) is 177 cm³/mol. The van der Waals surface area contributed by atoms with Gasteiger partial charge in [-0.05, 0) is 79.2 Å². The van der Waals surface area contributed by atoms with Gasteiger partial charge in [0.15, 0.2) is 0 Å². The van der Waals surface area contributed by atoms with Crippen LogP contribution in [0.4, 0.5) is 0 Å². The Balaban J connectivity index is 1.12. The van der Waals surface area contributed by atoms with E-state index in [-0.39, 0.29) is 41.8 Å². The van der Waals surface area contributed by atoms with Gasteiger partial charge in [0, 0.05) is 23.2 Å². The van der Waals surface area contributed by atoms with Crippen LogP contribution in [0.15, 0.2) is 67.3 Å². The van der Waals surface area contributed by atoms with Gasteiger partial charge in [-0.1, -0.05) is 42.5 Å². The highest BCUT2D eigenvalue weighted by Gasteiger charge is 2.64. The van der Waals surface area contributed by atoms with Crippen LogP contribution in [0.5, 0.6) is 0 Å². The second-order valence-corrected chi connectivity index (χ2v) is 16.2. The van der Waals surface area contributed by atoms with Crippen molar-refractivity contribution in [2.45, 2.75) is 74.3 Å². The maximum absolute atomic E-state index is 14.4. The molecule has 3 amide bonds. The topological polar surface area (TPSA) is 151 Å². The van der Waals surface area contributed by atoms with E-state index < -0.39 is 31.1 Å². The van der Waals surface area contributed by atoms with Crippen LogP contribution < -0.4 is 5.32 Å². The molecule has 1 aliphatic carbocycles. The maximum Gasteiger partial charge on any atom is 0.329 e. The molecule has 0 radical (unpaired) electrons. The molecule has 1 unspecified atom stereocenters. The molecule has 1 saturated carbocycles. The number of fused-ring (bicyclic) bond motifs is 2. The van der Waals surface area contributed by atoms with E-state index in [1.54, 1.807) is 29.2 Å². The molecule has 4 heterocycles. The predicted octanol–water partition coefficient (Wildman–Crippen LogP) is 4.93. The number of benzene rings is 2. The first-order valence-corrected chi connectivity index (χ1v) is 18.7. The van der Waals surface area contributed by atoms with Gasteiger partial charge in [0.2, 0.25) is 11.8 Å². The van der Waals surface area contributed by atoms with Gasteiger partial charge in [0.05, 0.1) is 28.6 Å². The molecule has 4 aliphatic rings. The molecule has 244 valence electrons. The Morgan fingerprint density at radius 1 is 1.13 bits per heavy atom. The number of allylic oxidation sites excluding steroid dienone is 1. The van der Waals surface area contributed by atoms with Gasteiger partial charge in [-0.3, -0.25) is 18.9 Å². The number of carbonyl (C=O) groups is 3. The maximum atomic E-state index is 14.4. The monoisotopic (exact) mass is 672 g/mol. The summed E-state index contributed by atoms with van der Waals surface area (Å²) in [7, 11) is -4.24. The summed E-state index contributed by atoms with van der Waals surface area (Å²) in [6.07, 6.45) is 5.25. The minimum absolute atomic E-state index is 0.0299. The zero-order valence-corrected chi connectivity index (χ0v) is 27.5. The normalized spacial score (nSPS) is 28.1. The lowest BCUT2D eigenvalue weighted by molar-refractivity contribution is -0.147. The molecule has 3 N–H and O–H groups in total. The molecule has 12 heteroatoms. The number of likely N-dealkylation sites (tertiary alicyclic amines) is 1. The number of nitriles is 1. The third-order valence-corrected chi connectivity index (χ3v) is 12.5. The average Bonchev–Trinajstić information content (AvgIpc) is 3.42. The van der Waals surface area contributed by atoms with Gasteiger partial charge in [-0.25, -0.2) is 0 Å². The third-order valence-electron chi connectivity index (χ3n) is 10.6. The fraction of sp³-hybridized carbons (Fsp3) is 0.429. The highest BCUT2D eigenvalue weighted by atomic mass is 32.1. The average molecular weight is 673 g/mol. The van der Waals surface area contributed by atoms with Crippen LogP contribution in [-0.4, -0.2) is 67.5 Å². The molecule has 4 fully saturated rings. The molecule has 2 aromatic carbocycles. The Hall–Kier alpha value is -3.81. The number of rotatable bonds is 7. The third kappa shape index (κ3) is 5.82. The molecule has 3 aromatic rings. The molecule has 3 saturated heterocycles. The van der Waals surface area contributed by atoms with Crippen LogP contribution in [-0.2, 0) is 20.3 Å². The summed E-state index contributed by atoms with van der Waals surface area (Å²) in [5, 5.41) is 13.9. The summed E-state index contributed by atoms with van der Waals surface area (Å²) in [6, 6.07) is 17.5. The minimum atomic E-state index is -4.24. The number of hydrogen-bond acceptors (Lipinski definition) is 6. The van der Waals surface area contributed by atoms with Crippen molar-refractivity contribution in [1.29, 1.82) is 5.26 Å². The molecule has 47 heavy (non-hydrogen) atoms. The highest BCUT2D eigenvalue weighted by Crippen LogP contribution is 2.58. The molecule has 1 spiro atoms. The van der Waals surface area contributed by atoms with E-state index >= 15 is 0 Å². The summed E-state index contributed by atoms with van der Waals surface area (Å²) < 4.78 is 12.3.